The van der Waals surface area contributed by atoms with Crippen LogP contribution in [-0.4, -0.2) is 23.5 Å². The van der Waals surface area contributed by atoms with Gasteiger partial charge < -0.3 is 9.47 Å². The standard InChI is InChI=1S/C37H41N3O2/c1-22-15-27(19-28(16-22)42-33-20-29(23(2)17-24(33)3)35-39-25(4)21-41-35)40-32-13-12-26(36(5,6)7)18-31(32)37(8,9)30-11-10-14-38-34(30)40/h10-20,25H,21H2,1-9H3/t25-/m1/s1. The Morgan fingerprint density at radius 2 is 1.71 bits per heavy atom. The summed E-state index contributed by atoms with van der Waals surface area (Å²) in [4.78, 5) is 11.9. The second-order valence-electron chi connectivity index (χ2n) is 13.5. The zero-order valence-corrected chi connectivity index (χ0v) is 26.3. The highest BCUT2D eigenvalue weighted by Crippen LogP contribution is 2.52. The van der Waals surface area contributed by atoms with Gasteiger partial charge in [-0.25, -0.2) is 9.98 Å². The summed E-state index contributed by atoms with van der Waals surface area (Å²) in [6.07, 6.45) is 1.88. The number of ether oxygens (including phenoxy) is 2. The molecule has 0 radical (unpaired) electrons. The van der Waals surface area contributed by atoms with Crippen LogP contribution in [0.4, 0.5) is 17.2 Å². The minimum atomic E-state index is -0.197. The number of aryl methyl sites for hydroxylation is 3. The lowest BCUT2D eigenvalue weighted by Crippen LogP contribution is -2.32. The van der Waals surface area contributed by atoms with Gasteiger partial charge in [0, 0.05) is 28.8 Å². The van der Waals surface area contributed by atoms with E-state index in [0.29, 0.717) is 12.5 Å². The van der Waals surface area contributed by atoms with E-state index in [2.05, 4.69) is 127 Å². The Hall–Kier alpha value is -4.12. The molecule has 0 fully saturated rings. The molecule has 3 heterocycles. The molecular weight excluding hydrogens is 518 g/mol. The van der Waals surface area contributed by atoms with Gasteiger partial charge in [-0.1, -0.05) is 58.9 Å². The van der Waals surface area contributed by atoms with Gasteiger partial charge in [-0.15, -0.1) is 0 Å². The monoisotopic (exact) mass is 559 g/mol. The lowest BCUT2D eigenvalue weighted by molar-refractivity contribution is 0.324. The SMILES string of the molecule is Cc1cc(Oc2cc(C3=N[C@H](C)CO3)c(C)cc2C)cc(N2c3ccc(C(C)(C)C)cc3C(C)(C)c3cccnc32)c1. The van der Waals surface area contributed by atoms with E-state index < -0.39 is 0 Å². The van der Waals surface area contributed by atoms with Crippen molar-refractivity contribution in [2.24, 2.45) is 4.99 Å². The summed E-state index contributed by atoms with van der Waals surface area (Å²) in [6, 6.07) is 21.9. The normalized spacial score (nSPS) is 17.3. The first-order valence-electron chi connectivity index (χ1n) is 14.9. The van der Waals surface area contributed by atoms with Crippen LogP contribution in [0.5, 0.6) is 11.5 Å². The highest BCUT2D eigenvalue weighted by Gasteiger charge is 2.38. The molecule has 0 bridgehead atoms. The van der Waals surface area contributed by atoms with Crippen LogP contribution in [0.3, 0.4) is 0 Å². The predicted molar refractivity (Wildman–Crippen MR) is 172 cm³/mol. The topological polar surface area (TPSA) is 47.0 Å². The van der Waals surface area contributed by atoms with Crippen molar-refractivity contribution in [3.8, 4) is 11.5 Å². The minimum absolute atomic E-state index is 0.0490. The molecule has 2 aliphatic heterocycles. The first-order chi connectivity index (χ1) is 19.8. The summed E-state index contributed by atoms with van der Waals surface area (Å²) < 4.78 is 12.5. The van der Waals surface area contributed by atoms with Gasteiger partial charge in [0.2, 0.25) is 5.90 Å². The van der Waals surface area contributed by atoms with Crippen molar-refractivity contribution >= 4 is 23.1 Å². The third-order valence-electron chi connectivity index (χ3n) is 8.52. The number of aliphatic imine (C=N–C) groups is 1. The fraction of sp³-hybridized carbons (Fsp3) is 0.351. The molecule has 0 aliphatic carbocycles. The Morgan fingerprint density at radius 3 is 2.43 bits per heavy atom. The van der Waals surface area contributed by atoms with E-state index in [-0.39, 0.29) is 16.9 Å². The number of rotatable bonds is 4. The van der Waals surface area contributed by atoms with E-state index in [9.17, 15) is 0 Å². The largest absolute Gasteiger partial charge is 0.475 e. The molecule has 216 valence electrons. The van der Waals surface area contributed by atoms with E-state index in [1.54, 1.807) is 0 Å². The first-order valence-corrected chi connectivity index (χ1v) is 14.9. The van der Waals surface area contributed by atoms with Crippen LogP contribution >= 0.6 is 0 Å². The molecule has 2 aliphatic rings. The van der Waals surface area contributed by atoms with Crippen LogP contribution in [0, 0.1) is 20.8 Å². The van der Waals surface area contributed by atoms with Crippen molar-refractivity contribution in [2.45, 2.75) is 79.2 Å². The van der Waals surface area contributed by atoms with Crippen molar-refractivity contribution < 1.29 is 9.47 Å². The van der Waals surface area contributed by atoms with Gasteiger partial charge in [-0.05, 0) is 91.3 Å². The van der Waals surface area contributed by atoms with Gasteiger partial charge in [-0.2, -0.15) is 0 Å². The Bertz CT molecular complexity index is 1730. The fourth-order valence-corrected chi connectivity index (χ4v) is 6.12. The molecule has 4 aromatic rings. The maximum Gasteiger partial charge on any atom is 0.216 e. The number of hydrogen-bond donors (Lipinski definition) is 0. The van der Waals surface area contributed by atoms with Crippen LogP contribution in [0.1, 0.15) is 80.5 Å². The summed E-state index contributed by atoms with van der Waals surface area (Å²) in [5, 5.41) is 0. The van der Waals surface area contributed by atoms with Gasteiger partial charge in [0.15, 0.2) is 0 Å². The molecular formula is C37H41N3O2. The molecule has 0 spiro atoms. The molecule has 0 unspecified atom stereocenters. The Balaban J connectivity index is 1.46. The summed E-state index contributed by atoms with van der Waals surface area (Å²) in [6.45, 7) is 20.4. The Labute approximate surface area is 250 Å². The number of pyridine rings is 1. The molecule has 6 rings (SSSR count). The van der Waals surface area contributed by atoms with Crippen LogP contribution in [0.2, 0.25) is 0 Å². The lowest BCUT2D eigenvalue weighted by Gasteiger charge is -2.41. The Kier molecular flexibility index (Phi) is 6.68. The number of hydrogen-bond acceptors (Lipinski definition) is 5. The summed E-state index contributed by atoms with van der Waals surface area (Å²) >= 11 is 0. The number of anilines is 3. The highest BCUT2D eigenvalue weighted by molar-refractivity contribution is 5.97. The van der Waals surface area contributed by atoms with Gasteiger partial charge in [0.1, 0.15) is 23.9 Å². The average molecular weight is 560 g/mol. The maximum absolute atomic E-state index is 6.63. The minimum Gasteiger partial charge on any atom is -0.475 e. The summed E-state index contributed by atoms with van der Waals surface area (Å²) in [5.41, 5.74) is 10.1. The zero-order valence-electron chi connectivity index (χ0n) is 26.3. The lowest BCUT2D eigenvalue weighted by atomic mass is 9.72. The predicted octanol–water partition coefficient (Wildman–Crippen LogP) is 9.37. The number of benzene rings is 3. The van der Waals surface area contributed by atoms with Gasteiger partial charge in [0.25, 0.3) is 0 Å². The smallest absolute Gasteiger partial charge is 0.216 e. The van der Waals surface area contributed by atoms with Crippen LogP contribution in [-0.2, 0) is 15.6 Å². The number of nitrogens with zero attached hydrogens (tertiary/aromatic N) is 3. The quantitative estimate of drug-likeness (QED) is 0.250. The molecule has 42 heavy (non-hydrogen) atoms. The fourth-order valence-electron chi connectivity index (χ4n) is 6.12. The molecule has 0 saturated heterocycles. The molecule has 1 atom stereocenters. The molecule has 0 N–H and O–H groups in total. The van der Waals surface area contributed by atoms with Crippen LogP contribution < -0.4 is 9.64 Å². The summed E-state index contributed by atoms with van der Waals surface area (Å²) in [5.74, 6) is 3.22. The van der Waals surface area contributed by atoms with Gasteiger partial charge >= 0.3 is 0 Å². The highest BCUT2D eigenvalue weighted by atomic mass is 16.5. The first kappa shape index (κ1) is 28.0. The van der Waals surface area contributed by atoms with Crippen molar-refractivity contribution in [1.82, 2.24) is 4.98 Å². The summed E-state index contributed by atoms with van der Waals surface area (Å²) in [7, 11) is 0. The van der Waals surface area contributed by atoms with E-state index in [1.807, 2.05) is 12.3 Å². The van der Waals surface area contributed by atoms with Crippen molar-refractivity contribution in [1.29, 1.82) is 0 Å². The zero-order chi connectivity index (χ0) is 30.0. The van der Waals surface area contributed by atoms with E-state index in [1.165, 1.54) is 16.7 Å². The van der Waals surface area contributed by atoms with Gasteiger partial charge in [0.05, 0.1) is 17.4 Å². The molecule has 5 nitrogen and oxygen atoms in total. The van der Waals surface area contributed by atoms with Crippen LogP contribution in [0.25, 0.3) is 0 Å². The third kappa shape index (κ3) is 4.85. The maximum atomic E-state index is 6.63. The average Bonchev–Trinajstić information content (AvgIpc) is 3.35. The third-order valence-corrected chi connectivity index (χ3v) is 8.52. The van der Waals surface area contributed by atoms with Crippen molar-refractivity contribution in [3.05, 3.63) is 106 Å². The van der Waals surface area contributed by atoms with Crippen molar-refractivity contribution in [2.75, 3.05) is 11.5 Å². The molecule has 0 amide bonds. The molecule has 1 aromatic heterocycles. The van der Waals surface area contributed by atoms with Crippen LogP contribution in [0.15, 0.2) is 71.9 Å². The number of fused-ring (bicyclic) bond motifs is 2. The Morgan fingerprint density at radius 1 is 0.929 bits per heavy atom. The van der Waals surface area contributed by atoms with E-state index >= 15 is 0 Å². The van der Waals surface area contributed by atoms with E-state index in [0.717, 1.165) is 50.9 Å². The molecule has 0 saturated carbocycles. The number of aromatic nitrogens is 1. The van der Waals surface area contributed by atoms with E-state index in [4.69, 9.17) is 14.5 Å². The second-order valence-corrected chi connectivity index (χ2v) is 13.5. The van der Waals surface area contributed by atoms with Gasteiger partial charge in [-0.3, -0.25) is 4.90 Å². The van der Waals surface area contributed by atoms with Crippen molar-refractivity contribution in [3.63, 3.8) is 0 Å². The molecule has 5 heteroatoms. The molecule has 3 aromatic carbocycles. The second kappa shape index (κ2) is 10.0.